The fourth-order valence-corrected chi connectivity index (χ4v) is 3.62. The topological polar surface area (TPSA) is 73.4 Å². The molecule has 0 bridgehead atoms. The van der Waals surface area contributed by atoms with Crippen LogP contribution in [0, 0.1) is 0 Å². The zero-order chi connectivity index (χ0) is 23.9. The lowest BCUT2D eigenvalue weighted by Gasteiger charge is -2.10. The van der Waals surface area contributed by atoms with Crippen LogP contribution in [0.2, 0.25) is 0 Å². The highest BCUT2D eigenvalue weighted by Crippen LogP contribution is 2.21. The summed E-state index contributed by atoms with van der Waals surface area (Å²) in [7, 11) is 0. The van der Waals surface area contributed by atoms with E-state index in [1.54, 1.807) is 6.07 Å². The average molecular weight is 465 g/mol. The van der Waals surface area contributed by atoms with Gasteiger partial charge in [-0.3, -0.25) is 4.79 Å². The summed E-state index contributed by atoms with van der Waals surface area (Å²) in [5, 5.41) is 0.575. The van der Waals surface area contributed by atoms with Gasteiger partial charge in [0.15, 0.2) is 0 Å². The SMILES string of the molecule is O=c1[nH]c(-c2ccc(OCCOc3ccc(OCc4ccccc4)cc3)cc2)nc2ccccc12. The molecule has 174 valence electrons. The zero-order valence-corrected chi connectivity index (χ0v) is 19.0. The molecule has 0 aliphatic rings. The van der Waals surface area contributed by atoms with Crippen LogP contribution in [0.5, 0.6) is 17.2 Å². The summed E-state index contributed by atoms with van der Waals surface area (Å²) in [5.74, 6) is 2.78. The first kappa shape index (κ1) is 22.2. The van der Waals surface area contributed by atoms with Crippen molar-refractivity contribution in [3.8, 4) is 28.6 Å². The maximum Gasteiger partial charge on any atom is 0.259 e. The summed E-state index contributed by atoms with van der Waals surface area (Å²) < 4.78 is 17.3. The molecule has 0 saturated heterocycles. The summed E-state index contributed by atoms with van der Waals surface area (Å²) in [5.41, 5.74) is 2.45. The van der Waals surface area contributed by atoms with Crippen molar-refractivity contribution in [2.45, 2.75) is 6.61 Å². The lowest BCUT2D eigenvalue weighted by molar-refractivity contribution is 0.217. The molecule has 1 heterocycles. The van der Waals surface area contributed by atoms with Crippen molar-refractivity contribution in [3.63, 3.8) is 0 Å². The Morgan fingerprint density at radius 3 is 1.89 bits per heavy atom. The van der Waals surface area contributed by atoms with Crippen molar-refractivity contribution in [1.82, 2.24) is 9.97 Å². The fourth-order valence-electron chi connectivity index (χ4n) is 3.62. The highest BCUT2D eigenvalue weighted by atomic mass is 16.5. The van der Waals surface area contributed by atoms with Crippen LogP contribution < -0.4 is 19.8 Å². The standard InChI is InChI=1S/C29H24N2O4/c32-29-26-8-4-5-9-27(26)30-28(31-29)22-10-12-23(13-11-22)33-18-19-34-24-14-16-25(17-15-24)35-20-21-6-2-1-3-7-21/h1-17H,18-20H2,(H,30,31,32). The van der Waals surface area contributed by atoms with E-state index in [9.17, 15) is 4.79 Å². The van der Waals surface area contributed by atoms with E-state index >= 15 is 0 Å². The first-order valence-corrected chi connectivity index (χ1v) is 11.4. The van der Waals surface area contributed by atoms with E-state index in [1.165, 1.54) is 0 Å². The normalized spacial score (nSPS) is 10.7. The molecule has 6 heteroatoms. The molecule has 0 fully saturated rings. The van der Waals surface area contributed by atoms with Gasteiger partial charge in [-0.1, -0.05) is 42.5 Å². The molecular formula is C29H24N2O4. The minimum Gasteiger partial charge on any atom is -0.490 e. The van der Waals surface area contributed by atoms with Crippen molar-refractivity contribution in [3.05, 3.63) is 119 Å². The highest BCUT2D eigenvalue weighted by Gasteiger charge is 2.06. The van der Waals surface area contributed by atoms with Crippen LogP contribution in [0.1, 0.15) is 5.56 Å². The van der Waals surface area contributed by atoms with Crippen LogP contribution in [0.4, 0.5) is 0 Å². The second-order valence-corrected chi connectivity index (χ2v) is 7.90. The minimum atomic E-state index is -0.154. The van der Waals surface area contributed by atoms with E-state index in [1.807, 2.05) is 97.1 Å². The lowest BCUT2D eigenvalue weighted by atomic mass is 10.2. The average Bonchev–Trinajstić information content (AvgIpc) is 2.91. The van der Waals surface area contributed by atoms with Crippen LogP contribution in [0.25, 0.3) is 22.3 Å². The molecular weight excluding hydrogens is 440 g/mol. The number of para-hydroxylation sites is 1. The molecule has 0 aliphatic carbocycles. The van der Waals surface area contributed by atoms with Crippen LogP contribution in [-0.2, 0) is 6.61 Å². The number of nitrogens with one attached hydrogen (secondary N) is 1. The second kappa shape index (κ2) is 10.6. The maximum atomic E-state index is 12.3. The van der Waals surface area contributed by atoms with Gasteiger partial charge >= 0.3 is 0 Å². The summed E-state index contributed by atoms with van der Waals surface area (Å²) in [6.45, 7) is 1.34. The Balaban J connectivity index is 1.10. The second-order valence-electron chi connectivity index (χ2n) is 7.90. The predicted octanol–water partition coefficient (Wildman–Crippen LogP) is 5.63. The molecule has 0 aliphatic heterocycles. The number of ether oxygens (including phenoxy) is 3. The summed E-state index contributed by atoms with van der Waals surface area (Å²) in [6.07, 6.45) is 0. The molecule has 0 unspecified atom stereocenters. The number of aromatic nitrogens is 2. The van der Waals surface area contributed by atoms with Crippen molar-refractivity contribution in [1.29, 1.82) is 0 Å². The number of benzene rings is 4. The number of nitrogens with zero attached hydrogens (tertiary/aromatic N) is 1. The van der Waals surface area contributed by atoms with E-state index < -0.39 is 0 Å². The Kier molecular flexibility index (Phi) is 6.71. The van der Waals surface area contributed by atoms with Crippen LogP contribution in [0.3, 0.4) is 0 Å². The van der Waals surface area contributed by atoms with E-state index in [2.05, 4.69) is 9.97 Å². The smallest absolute Gasteiger partial charge is 0.259 e. The predicted molar refractivity (Wildman–Crippen MR) is 136 cm³/mol. The number of aromatic amines is 1. The lowest BCUT2D eigenvalue weighted by Crippen LogP contribution is -2.10. The first-order chi connectivity index (χ1) is 17.2. The van der Waals surface area contributed by atoms with Gasteiger partial charge in [0.2, 0.25) is 0 Å². The third-order valence-corrected chi connectivity index (χ3v) is 5.43. The van der Waals surface area contributed by atoms with Gasteiger partial charge in [0.1, 0.15) is 42.9 Å². The summed E-state index contributed by atoms with van der Waals surface area (Å²) >= 11 is 0. The Labute approximate surface area is 202 Å². The Morgan fingerprint density at radius 2 is 1.20 bits per heavy atom. The van der Waals surface area contributed by atoms with Crippen LogP contribution in [0.15, 0.2) is 108 Å². The number of fused-ring (bicyclic) bond motifs is 1. The highest BCUT2D eigenvalue weighted by molar-refractivity contribution is 5.79. The Bertz CT molecular complexity index is 1450. The van der Waals surface area contributed by atoms with Crippen molar-refractivity contribution < 1.29 is 14.2 Å². The molecule has 1 aromatic heterocycles. The van der Waals surface area contributed by atoms with Gasteiger partial charge in [0.25, 0.3) is 5.56 Å². The summed E-state index contributed by atoms with van der Waals surface area (Å²) in [6, 6.07) is 32.3. The van der Waals surface area contributed by atoms with Gasteiger partial charge in [-0.05, 0) is 66.2 Å². The van der Waals surface area contributed by atoms with Gasteiger partial charge in [0.05, 0.1) is 10.9 Å². The quantitative estimate of drug-likeness (QED) is 0.286. The third kappa shape index (κ3) is 5.68. The fraction of sp³-hybridized carbons (Fsp3) is 0.103. The van der Waals surface area contributed by atoms with Gasteiger partial charge in [-0.25, -0.2) is 4.98 Å². The maximum absolute atomic E-state index is 12.3. The number of hydrogen-bond donors (Lipinski definition) is 1. The molecule has 35 heavy (non-hydrogen) atoms. The largest absolute Gasteiger partial charge is 0.490 e. The first-order valence-electron chi connectivity index (χ1n) is 11.4. The monoisotopic (exact) mass is 464 g/mol. The molecule has 5 aromatic rings. The zero-order valence-electron chi connectivity index (χ0n) is 19.0. The van der Waals surface area contributed by atoms with Gasteiger partial charge in [-0.15, -0.1) is 0 Å². The Hall–Kier alpha value is -4.58. The van der Waals surface area contributed by atoms with E-state index in [4.69, 9.17) is 14.2 Å². The molecule has 0 atom stereocenters. The molecule has 6 nitrogen and oxygen atoms in total. The number of H-pyrrole nitrogens is 1. The van der Waals surface area contributed by atoms with Crippen molar-refractivity contribution in [2.75, 3.05) is 13.2 Å². The van der Waals surface area contributed by atoms with E-state index in [-0.39, 0.29) is 5.56 Å². The molecule has 4 aromatic carbocycles. The molecule has 1 N–H and O–H groups in total. The summed E-state index contributed by atoms with van der Waals surface area (Å²) in [4.78, 5) is 19.7. The number of rotatable bonds is 9. The molecule has 0 spiro atoms. The molecule has 0 saturated carbocycles. The Morgan fingerprint density at radius 1 is 0.629 bits per heavy atom. The number of hydrogen-bond acceptors (Lipinski definition) is 5. The molecule has 5 rings (SSSR count). The van der Waals surface area contributed by atoms with Crippen LogP contribution >= 0.6 is 0 Å². The van der Waals surface area contributed by atoms with Crippen LogP contribution in [-0.4, -0.2) is 23.2 Å². The van der Waals surface area contributed by atoms with E-state index in [0.717, 1.165) is 22.6 Å². The van der Waals surface area contributed by atoms with Crippen molar-refractivity contribution >= 4 is 10.9 Å². The van der Waals surface area contributed by atoms with Gasteiger partial charge in [0, 0.05) is 5.56 Å². The molecule has 0 radical (unpaired) electrons. The van der Waals surface area contributed by atoms with Gasteiger partial charge in [-0.2, -0.15) is 0 Å². The molecule has 0 amide bonds. The van der Waals surface area contributed by atoms with E-state index in [0.29, 0.717) is 42.3 Å². The minimum absolute atomic E-state index is 0.154. The third-order valence-electron chi connectivity index (χ3n) is 5.43. The van der Waals surface area contributed by atoms with Crippen molar-refractivity contribution in [2.24, 2.45) is 0 Å². The van der Waals surface area contributed by atoms with Gasteiger partial charge < -0.3 is 19.2 Å².